The SMILES string of the molecule is CN(Cc1ccc(F)cc1)CC1(C#N)CCC1. The van der Waals surface area contributed by atoms with Gasteiger partial charge in [0.1, 0.15) is 5.82 Å². The summed E-state index contributed by atoms with van der Waals surface area (Å²) in [6, 6.07) is 8.99. The highest BCUT2D eigenvalue weighted by molar-refractivity contribution is 5.16. The van der Waals surface area contributed by atoms with Crippen LogP contribution in [0.3, 0.4) is 0 Å². The van der Waals surface area contributed by atoms with Crippen molar-refractivity contribution >= 4 is 0 Å². The third-order valence-electron chi connectivity index (χ3n) is 3.49. The maximum atomic E-state index is 12.8. The third kappa shape index (κ3) is 2.83. The minimum absolute atomic E-state index is 0.130. The van der Waals surface area contributed by atoms with Gasteiger partial charge >= 0.3 is 0 Å². The fourth-order valence-electron chi connectivity index (χ4n) is 2.38. The van der Waals surface area contributed by atoms with E-state index >= 15 is 0 Å². The van der Waals surface area contributed by atoms with Crippen LogP contribution in [0.5, 0.6) is 0 Å². The number of nitriles is 1. The van der Waals surface area contributed by atoms with Crippen LogP contribution in [0.1, 0.15) is 24.8 Å². The number of hydrogen-bond donors (Lipinski definition) is 0. The highest BCUT2D eigenvalue weighted by Crippen LogP contribution is 2.40. The topological polar surface area (TPSA) is 27.0 Å². The maximum absolute atomic E-state index is 12.8. The fourth-order valence-corrected chi connectivity index (χ4v) is 2.38. The summed E-state index contributed by atoms with van der Waals surface area (Å²) in [6.45, 7) is 1.57. The summed E-state index contributed by atoms with van der Waals surface area (Å²) in [6.07, 6.45) is 3.19. The highest BCUT2D eigenvalue weighted by Gasteiger charge is 2.37. The van der Waals surface area contributed by atoms with Gasteiger partial charge in [-0.15, -0.1) is 0 Å². The number of hydrogen-bond acceptors (Lipinski definition) is 2. The van der Waals surface area contributed by atoms with Crippen LogP contribution in [0.2, 0.25) is 0 Å². The first-order valence-electron chi connectivity index (χ1n) is 5.98. The summed E-state index contributed by atoms with van der Waals surface area (Å²) in [4.78, 5) is 2.15. The highest BCUT2D eigenvalue weighted by atomic mass is 19.1. The molecule has 2 nitrogen and oxygen atoms in total. The Bertz CT molecular complexity index is 415. The molecule has 0 unspecified atom stereocenters. The van der Waals surface area contributed by atoms with Crippen LogP contribution in [-0.2, 0) is 6.54 Å². The standard InChI is InChI=1S/C14H17FN2/c1-17(11-14(10-16)7-2-8-14)9-12-3-5-13(15)6-4-12/h3-6H,2,7-9,11H2,1H3. The molecule has 1 aromatic carbocycles. The van der Waals surface area contributed by atoms with Gasteiger partial charge < -0.3 is 4.90 Å². The van der Waals surface area contributed by atoms with E-state index in [1.807, 2.05) is 7.05 Å². The molecule has 1 aromatic rings. The minimum Gasteiger partial charge on any atom is -0.301 e. The van der Waals surface area contributed by atoms with Crippen LogP contribution in [0, 0.1) is 22.6 Å². The molecule has 0 atom stereocenters. The van der Waals surface area contributed by atoms with Crippen LogP contribution >= 0.6 is 0 Å². The molecule has 0 N–H and O–H groups in total. The van der Waals surface area contributed by atoms with Crippen molar-refractivity contribution < 1.29 is 4.39 Å². The monoisotopic (exact) mass is 232 g/mol. The van der Waals surface area contributed by atoms with Gasteiger partial charge in [-0.3, -0.25) is 0 Å². The zero-order chi connectivity index (χ0) is 12.3. The van der Waals surface area contributed by atoms with E-state index in [4.69, 9.17) is 5.26 Å². The summed E-state index contributed by atoms with van der Waals surface area (Å²) in [5, 5.41) is 9.16. The second kappa shape index (κ2) is 4.85. The van der Waals surface area contributed by atoms with Gasteiger partial charge in [0.2, 0.25) is 0 Å². The van der Waals surface area contributed by atoms with Crippen molar-refractivity contribution in [1.29, 1.82) is 5.26 Å². The average molecular weight is 232 g/mol. The Morgan fingerprint density at radius 2 is 2.00 bits per heavy atom. The van der Waals surface area contributed by atoms with Crippen LogP contribution in [0.25, 0.3) is 0 Å². The van der Waals surface area contributed by atoms with E-state index < -0.39 is 0 Å². The van der Waals surface area contributed by atoms with Gasteiger partial charge in [0.25, 0.3) is 0 Å². The average Bonchev–Trinajstić information content (AvgIpc) is 2.27. The van der Waals surface area contributed by atoms with E-state index in [-0.39, 0.29) is 11.2 Å². The van der Waals surface area contributed by atoms with Gasteiger partial charge in [0, 0.05) is 13.1 Å². The van der Waals surface area contributed by atoms with E-state index in [9.17, 15) is 4.39 Å². The number of benzene rings is 1. The number of nitrogens with zero attached hydrogens (tertiary/aromatic N) is 2. The minimum atomic E-state index is -0.205. The van der Waals surface area contributed by atoms with E-state index in [2.05, 4.69) is 11.0 Å². The second-order valence-electron chi connectivity index (χ2n) is 5.04. The molecule has 0 saturated heterocycles. The van der Waals surface area contributed by atoms with E-state index in [0.29, 0.717) is 0 Å². The normalized spacial score (nSPS) is 17.5. The van der Waals surface area contributed by atoms with Crippen LogP contribution in [-0.4, -0.2) is 18.5 Å². The molecule has 17 heavy (non-hydrogen) atoms. The first kappa shape index (κ1) is 12.1. The van der Waals surface area contributed by atoms with Gasteiger partial charge in [-0.2, -0.15) is 5.26 Å². The lowest BCUT2D eigenvalue weighted by Gasteiger charge is -2.38. The van der Waals surface area contributed by atoms with Crippen LogP contribution in [0.15, 0.2) is 24.3 Å². The Hall–Kier alpha value is -1.40. The van der Waals surface area contributed by atoms with Gasteiger partial charge in [-0.25, -0.2) is 4.39 Å². The van der Waals surface area contributed by atoms with Crippen molar-refractivity contribution in [3.05, 3.63) is 35.6 Å². The van der Waals surface area contributed by atoms with Crippen molar-refractivity contribution in [3.8, 4) is 6.07 Å². The molecular formula is C14H17FN2. The Morgan fingerprint density at radius 1 is 1.35 bits per heavy atom. The molecule has 0 spiro atoms. The smallest absolute Gasteiger partial charge is 0.123 e. The Morgan fingerprint density at radius 3 is 2.47 bits per heavy atom. The van der Waals surface area contributed by atoms with Crippen molar-refractivity contribution in [3.63, 3.8) is 0 Å². The molecule has 1 aliphatic carbocycles. The van der Waals surface area contributed by atoms with E-state index in [1.54, 1.807) is 12.1 Å². The molecule has 90 valence electrons. The van der Waals surface area contributed by atoms with Crippen LogP contribution in [0.4, 0.5) is 4.39 Å². The zero-order valence-electron chi connectivity index (χ0n) is 10.1. The molecule has 2 rings (SSSR count). The fraction of sp³-hybridized carbons (Fsp3) is 0.500. The van der Waals surface area contributed by atoms with Crippen molar-refractivity contribution in [2.75, 3.05) is 13.6 Å². The summed E-state index contributed by atoms with van der Waals surface area (Å²) in [5.74, 6) is -0.205. The molecular weight excluding hydrogens is 215 g/mol. The number of halogens is 1. The lowest BCUT2D eigenvalue weighted by atomic mass is 9.69. The first-order valence-corrected chi connectivity index (χ1v) is 5.98. The lowest BCUT2D eigenvalue weighted by Crippen LogP contribution is -2.39. The van der Waals surface area contributed by atoms with Crippen molar-refractivity contribution in [1.82, 2.24) is 4.90 Å². The van der Waals surface area contributed by atoms with E-state index in [0.717, 1.165) is 37.9 Å². The lowest BCUT2D eigenvalue weighted by molar-refractivity contribution is 0.134. The predicted octanol–water partition coefficient (Wildman–Crippen LogP) is 2.95. The van der Waals surface area contributed by atoms with Gasteiger partial charge in [0.15, 0.2) is 0 Å². The Balaban J connectivity index is 1.91. The first-order chi connectivity index (χ1) is 8.13. The molecule has 1 saturated carbocycles. The summed E-state index contributed by atoms with van der Waals surface area (Å²) in [7, 11) is 2.01. The zero-order valence-corrected chi connectivity index (χ0v) is 10.1. The molecule has 1 fully saturated rings. The number of rotatable bonds is 4. The molecule has 0 aliphatic heterocycles. The summed E-state index contributed by atoms with van der Waals surface area (Å²) in [5.41, 5.74) is 0.954. The third-order valence-corrected chi connectivity index (χ3v) is 3.49. The molecule has 0 bridgehead atoms. The quantitative estimate of drug-likeness (QED) is 0.798. The van der Waals surface area contributed by atoms with Crippen molar-refractivity contribution in [2.24, 2.45) is 5.41 Å². The van der Waals surface area contributed by atoms with Gasteiger partial charge in [-0.05, 0) is 37.6 Å². The van der Waals surface area contributed by atoms with Crippen molar-refractivity contribution in [2.45, 2.75) is 25.8 Å². The Kier molecular flexibility index (Phi) is 3.44. The largest absolute Gasteiger partial charge is 0.301 e. The summed E-state index contributed by atoms with van der Waals surface area (Å²) >= 11 is 0. The molecule has 3 heteroatoms. The molecule has 0 aromatic heterocycles. The second-order valence-corrected chi connectivity index (χ2v) is 5.04. The molecule has 0 heterocycles. The molecule has 0 amide bonds. The van der Waals surface area contributed by atoms with Crippen LogP contribution < -0.4 is 0 Å². The molecule has 0 radical (unpaired) electrons. The maximum Gasteiger partial charge on any atom is 0.123 e. The van der Waals surface area contributed by atoms with Gasteiger partial charge in [-0.1, -0.05) is 18.6 Å². The summed E-state index contributed by atoms with van der Waals surface area (Å²) < 4.78 is 12.8. The van der Waals surface area contributed by atoms with Gasteiger partial charge in [0.05, 0.1) is 11.5 Å². The van der Waals surface area contributed by atoms with E-state index in [1.165, 1.54) is 12.1 Å². The Labute approximate surface area is 102 Å². The predicted molar refractivity (Wildman–Crippen MR) is 64.6 cm³/mol. The molecule has 1 aliphatic rings.